The van der Waals surface area contributed by atoms with Gasteiger partial charge in [0.1, 0.15) is 11.6 Å². The highest BCUT2D eigenvalue weighted by atomic mass is 19.1. The number of benzene rings is 1. The molecule has 17 heavy (non-hydrogen) atoms. The van der Waals surface area contributed by atoms with Gasteiger partial charge in [0.25, 0.3) is 5.56 Å². The van der Waals surface area contributed by atoms with E-state index in [1.54, 1.807) is 0 Å². The van der Waals surface area contributed by atoms with Crippen LogP contribution in [0.4, 0.5) is 14.5 Å². The molecule has 1 aromatic heterocycles. The number of anilines is 1. The smallest absolute Gasteiger partial charge is 0.250 e. The van der Waals surface area contributed by atoms with Crippen LogP contribution >= 0.6 is 0 Å². The predicted octanol–water partition coefficient (Wildman–Crippen LogP) is 1.76. The molecule has 0 bridgehead atoms. The van der Waals surface area contributed by atoms with Crippen molar-refractivity contribution in [3.8, 4) is 0 Å². The number of nitrogens with zero attached hydrogens (tertiary/aromatic N) is 1. The first-order chi connectivity index (χ1) is 8.06. The van der Waals surface area contributed by atoms with Gasteiger partial charge in [-0.05, 0) is 24.3 Å². The van der Waals surface area contributed by atoms with E-state index < -0.39 is 11.6 Å². The maximum Gasteiger partial charge on any atom is 0.250 e. The van der Waals surface area contributed by atoms with E-state index in [9.17, 15) is 13.6 Å². The predicted molar refractivity (Wildman–Crippen MR) is 60.6 cm³/mol. The van der Waals surface area contributed by atoms with Gasteiger partial charge in [0.2, 0.25) is 0 Å². The summed E-state index contributed by atoms with van der Waals surface area (Å²) in [5, 5.41) is 0. The molecule has 3 nitrogen and oxygen atoms in total. The Morgan fingerprint density at radius 1 is 1.18 bits per heavy atom. The molecule has 5 heteroatoms. The van der Waals surface area contributed by atoms with E-state index in [4.69, 9.17) is 5.73 Å². The summed E-state index contributed by atoms with van der Waals surface area (Å²) in [6, 6.07) is 5.86. The van der Waals surface area contributed by atoms with Gasteiger partial charge in [-0.25, -0.2) is 8.78 Å². The molecule has 0 saturated heterocycles. The van der Waals surface area contributed by atoms with Gasteiger partial charge in [-0.15, -0.1) is 0 Å². The van der Waals surface area contributed by atoms with Crippen LogP contribution in [-0.2, 0) is 6.54 Å². The molecule has 1 heterocycles. The lowest BCUT2D eigenvalue weighted by Gasteiger charge is -2.07. The Hall–Kier alpha value is -2.17. The highest BCUT2D eigenvalue weighted by Gasteiger charge is 2.05. The Balaban J connectivity index is 2.41. The summed E-state index contributed by atoms with van der Waals surface area (Å²) in [7, 11) is 0. The molecule has 0 unspecified atom stereocenters. The molecule has 0 aliphatic heterocycles. The Morgan fingerprint density at radius 2 is 1.94 bits per heavy atom. The summed E-state index contributed by atoms with van der Waals surface area (Å²) in [5.74, 6) is -1.10. The third kappa shape index (κ3) is 2.50. The molecule has 0 fully saturated rings. The van der Waals surface area contributed by atoms with Crippen molar-refractivity contribution in [1.82, 2.24) is 4.57 Å². The van der Waals surface area contributed by atoms with Crippen LogP contribution in [-0.4, -0.2) is 4.57 Å². The highest BCUT2D eigenvalue weighted by Crippen LogP contribution is 2.11. The van der Waals surface area contributed by atoms with E-state index >= 15 is 0 Å². The second kappa shape index (κ2) is 4.37. The summed E-state index contributed by atoms with van der Waals surface area (Å²) >= 11 is 0. The molecular formula is C12H10F2N2O. The van der Waals surface area contributed by atoms with Crippen molar-refractivity contribution in [1.29, 1.82) is 0 Å². The van der Waals surface area contributed by atoms with Gasteiger partial charge in [0.15, 0.2) is 0 Å². The zero-order valence-electron chi connectivity index (χ0n) is 8.86. The lowest BCUT2D eigenvalue weighted by Crippen LogP contribution is -2.20. The molecule has 2 N–H and O–H groups in total. The fourth-order valence-electron chi connectivity index (χ4n) is 1.52. The fourth-order valence-corrected chi connectivity index (χ4v) is 1.52. The van der Waals surface area contributed by atoms with E-state index in [1.165, 1.54) is 22.9 Å². The third-order valence-corrected chi connectivity index (χ3v) is 2.35. The number of pyridine rings is 1. The summed E-state index contributed by atoms with van der Waals surface area (Å²) in [5.41, 5.74) is 5.70. The molecule has 0 aliphatic rings. The van der Waals surface area contributed by atoms with E-state index in [1.807, 2.05) is 0 Å². The number of rotatable bonds is 2. The van der Waals surface area contributed by atoms with Gasteiger partial charge in [0.05, 0.1) is 6.54 Å². The highest BCUT2D eigenvalue weighted by molar-refractivity contribution is 5.34. The summed E-state index contributed by atoms with van der Waals surface area (Å²) < 4.78 is 27.6. The largest absolute Gasteiger partial charge is 0.398 e. The van der Waals surface area contributed by atoms with E-state index in [0.717, 1.165) is 18.2 Å². The number of halogens is 2. The first-order valence-electron chi connectivity index (χ1n) is 4.96. The van der Waals surface area contributed by atoms with Crippen molar-refractivity contribution >= 4 is 5.69 Å². The second-order valence-electron chi connectivity index (χ2n) is 3.66. The Labute approximate surface area is 96.1 Å². The molecule has 1 aromatic carbocycles. The molecule has 0 aliphatic carbocycles. The van der Waals surface area contributed by atoms with Crippen molar-refractivity contribution in [2.24, 2.45) is 0 Å². The Bertz CT molecular complexity index is 608. The minimum atomic E-state index is -0.555. The number of aromatic nitrogens is 1. The first kappa shape index (κ1) is 11.3. The van der Waals surface area contributed by atoms with Crippen molar-refractivity contribution in [3.63, 3.8) is 0 Å². The second-order valence-corrected chi connectivity index (χ2v) is 3.66. The zero-order chi connectivity index (χ0) is 12.4. The molecule has 0 spiro atoms. The van der Waals surface area contributed by atoms with Crippen LogP contribution in [0, 0.1) is 11.6 Å². The lowest BCUT2D eigenvalue weighted by molar-refractivity contribution is 0.574. The van der Waals surface area contributed by atoms with Crippen LogP contribution in [0.25, 0.3) is 0 Å². The molecular weight excluding hydrogens is 226 g/mol. The standard InChI is InChI=1S/C12H10F2N2O/c13-9-1-3-11(14)8(5-9)6-16-7-10(15)2-4-12(16)17/h1-5,7H,6,15H2. The van der Waals surface area contributed by atoms with Gasteiger partial charge in [-0.3, -0.25) is 4.79 Å². The normalized spacial score (nSPS) is 10.5. The Morgan fingerprint density at radius 3 is 2.71 bits per heavy atom. The average Bonchev–Trinajstić information content (AvgIpc) is 2.28. The fraction of sp³-hybridized carbons (Fsp3) is 0.0833. The van der Waals surface area contributed by atoms with Crippen LogP contribution in [0.5, 0.6) is 0 Å². The topological polar surface area (TPSA) is 48.0 Å². The van der Waals surface area contributed by atoms with Crippen molar-refractivity contribution in [3.05, 3.63) is 64.1 Å². The summed E-state index contributed by atoms with van der Waals surface area (Å²) in [4.78, 5) is 11.5. The summed E-state index contributed by atoms with van der Waals surface area (Å²) in [6.07, 6.45) is 1.40. The number of hydrogen-bond donors (Lipinski definition) is 1. The maximum atomic E-state index is 13.4. The number of hydrogen-bond acceptors (Lipinski definition) is 2. The number of nitrogens with two attached hydrogens (primary N) is 1. The molecule has 2 rings (SSSR count). The van der Waals surface area contributed by atoms with Crippen molar-refractivity contribution < 1.29 is 8.78 Å². The molecule has 0 saturated carbocycles. The van der Waals surface area contributed by atoms with Crippen LogP contribution in [0.3, 0.4) is 0 Å². The van der Waals surface area contributed by atoms with E-state index in [0.29, 0.717) is 5.69 Å². The van der Waals surface area contributed by atoms with Crippen molar-refractivity contribution in [2.45, 2.75) is 6.54 Å². The van der Waals surface area contributed by atoms with Gasteiger partial charge >= 0.3 is 0 Å². The minimum absolute atomic E-state index is 0.0481. The van der Waals surface area contributed by atoms with Crippen LogP contribution in [0.1, 0.15) is 5.56 Å². The average molecular weight is 236 g/mol. The monoisotopic (exact) mass is 236 g/mol. The Kier molecular flexibility index (Phi) is 2.91. The van der Waals surface area contributed by atoms with Gasteiger partial charge in [-0.1, -0.05) is 0 Å². The molecule has 0 atom stereocenters. The van der Waals surface area contributed by atoms with E-state index in [-0.39, 0.29) is 17.7 Å². The van der Waals surface area contributed by atoms with Gasteiger partial charge in [0, 0.05) is 23.5 Å². The minimum Gasteiger partial charge on any atom is -0.398 e. The summed E-state index contributed by atoms with van der Waals surface area (Å²) in [6.45, 7) is -0.0481. The van der Waals surface area contributed by atoms with Gasteiger partial charge in [-0.2, -0.15) is 0 Å². The quantitative estimate of drug-likeness (QED) is 0.863. The van der Waals surface area contributed by atoms with Gasteiger partial charge < -0.3 is 10.3 Å². The van der Waals surface area contributed by atoms with Crippen LogP contribution < -0.4 is 11.3 Å². The first-order valence-corrected chi connectivity index (χ1v) is 4.96. The third-order valence-electron chi connectivity index (χ3n) is 2.35. The number of nitrogen functional groups attached to an aromatic ring is 1. The molecule has 2 aromatic rings. The lowest BCUT2D eigenvalue weighted by atomic mass is 10.2. The molecule has 0 amide bonds. The van der Waals surface area contributed by atoms with Crippen LogP contribution in [0.15, 0.2) is 41.3 Å². The van der Waals surface area contributed by atoms with Crippen LogP contribution in [0.2, 0.25) is 0 Å². The molecule has 0 radical (unpaired) electrons. The molecule has 88 valence electrons. The SMILES string of the molecule is Nc1ccc(=O)n(Cc2cc(F)ccc2F)c1. The zero-order valence-corrected chi connectivity index (χ0v) is 8.86. The maximum absolute atomic E-state index is 13.4. The van der Waals surface area contributed by atoms with Crippen molar-refractivity contribution in [2.75, 3.05) is 5.73 Å². The van der Waals surface area contributed by atoms with E-state index in [2.05, 4.69) is 0 Å².